The van der Waals surface area contributed by atoms with Crippen molar-refractivity contribution >= 4 is 27.5 Å². The number of anilines is 1. The zero-order valence-corrected chi connectivity index (χ0v) is 11.7. The molecule has 1 aromatic heterocycles. The quantitative estimate of drug-likeness (QED) is 0.868. The predicted octanol–water partition coefficient (Wildman–Crippen LogP) is 3.99. The van der Waals surface area contributed by atoms with Gasteiger partial charge in [-0.1, -0.05) is 35.0 Å². The molecular formula is C14H14BrNO2. The smallest absolute Gasteiger partial charge is 0.291 e. The number of hydrogen-bond acceptors (Lipinski definition) is 2. The summed E-state index contributed by atoms with van der Waals surface area (Å²) in [6.07, 6.45) is 0.785. The molecule has 4 heteroatoms. The molecule has 3 nitrogen and oxygen atoms in total. The number of amides is 1. The second-order valence-electron chi connectivity index (χ2n) is 3.90. The van der Waals surface area contributed by atoms with Gasteiger partial charge < -0.3 is 9.73 Å². The Kier molecular flexibility index (Phi) is 4.20. The first kappa shape index (κ1) is 12.9. The van der Waals surface area contributed by atoms with Crippen molar-refractivity contribution in [2.75, 3.05) is 5.32 Å². The van der Waals surface area contributed by atoms with Gasteiger partial charge in [0.2, 0.25) is 0 Å². The van der Waals surface area contributed by atoms with E-state index < -0.39 is 0 Å². The monoisotopic (exact) mass is 307 g/mol. The molecule has 0 saturated heterocycles. The Morgan fingerprint density at radius 2 is 1.94 bits per heavy atom. The summed E-state index contributed by atoms with van der Waals surface area (Å²) in [6.45, 7) is 1.99. The Bertz CT molecular complexity index is 531. The highest BCUT2D eigenvalue weighted by Gasteiger charge is 2.10. The molecule has 0 aliphatic rings. The van der Waals surface area contributed by atoms with Crippen molar-refractivity contribution in [3.63, 3.8) is 0 Å². The Balaban J connectivity index is 2.06. The molecule has 2 aromatic rings. The number of nitrogens with one attached hydrogen (secondary N) is 1. The number of carbonyl (C=O) groups is 1. The Labute approximate surface area is 114 Å². The van der Waals surface area contributed by atoms with E-state index in [2.05, 4.69) is 21.2 Å². The maximum atomic E-state index is 11.9. The lowest BCUT2D eigenvalue weighted by molar-refractivity contribution is 0.0995. The van der Waals surface area contributed by atoms with Gasteiger partial charge in [-0.2, -0.15) is 0 Å². The van der Waals surface area contributed by atoms with Crippen LogP contribution in [0.4, 0.5) is 5.69 Å². The van der Waals surface area contributed by atoms with Gasteiger partial charge in [-0.3, -0.25) is 4.79 Å². The fraction of sp³-hybridized carbons (Fsp3) is 0.214. The van der Waals surface area contributed by atoms with Crippen LogP contribution in [0.3, 0.4) is 0 Å². The minimum atomic E-state index is -0.221. The predicted molar refractivity (Wildman–Crippen MR) is 75.1 cm³/mol. The fourth-order valence-electron chi connectivity index (χ4n) is 1.56. The molecule has 94 valence electrons. The van der Waals surface area contributed by atoms with Crippen molar-refractivity contribution in [2.24, 2.45) is 0 Å². The van der Waals surface area contributed by atoms with Gasteiger partial charge in [-0.15, -0.1) is 0 Å². The third-order valence-corrected chi connectivity index (χ3v) is 3.25. The number of benzene rings is 1. The number of halogens is 1. The van der Waals surface area contributed by atoms with Crippen molar-refractivity contribution < 1.29 is 9.21 Å². The van der Waals surface area contributed by atoms with Crippen molar-refractivity contribution in [2.45, 2.75) is 18.7 Å². The van der Waals surface area contributed by atoms with E-state index in [9.17, 15) is 4.79 Å². The molecule has 1 aromatic carbocycles. The minimum absolute atomic E-state index is 0.221. The molecule has 0 aliphatic heterocycles. The normalized spacial score (nSPS) is 10.3. The number of hydrogen-bond donors (Lipinski definition) is 1. The summed E-state index contributed by atoms with van der Waals surface area (Å²) < 4.78 is 5.39. The molecule has 1 N–H and O–H groups in total. The summed E-state index contributed by atoms with van der Waals surface area (Å²) in [6, 6.07) is 11.2. The van der Waals surface area contributed by atoms with E-state index in [0.717, 1.165) is 23.2 Å². The summed E-state index contributed by atoms with van der Waals surface area (Å²) in [4.78, 5) is 11.9. The van der Waals surface area contributed by atoms with Crippen molar-refractivity contribution in [1.29, 1.82) is 0 Å². The zero-order valence-electron chi connectivity index (χ0n) is 10.1. The zero-order chi connectivity index (χ0) is 13.0. The molecule has 0 aliphatic carbocycles. The van der Waals surface area contributed by atoms with Crippen LogP contribution in [0.25, 0.3) is 0 Å². The van der Waals surface area contributed by atoms with Crippen LogP contribution < -0.4 is 5.32 Å². The highest BCUT2D eigenvalue weighted by molar-refractivity contribution is 9.08. The largest absolute Gasteiger partial charge is 0.456 e. The van der Waals surface area contributed by atoms with Crippen LogP contribution in [0, 0.1) is 0 Å². The maximum absolute atomic E-state index is 11.9. The SMILES string of the molecule is CCc1ccc(C(=O)Nc2ccc(CBr)cc2)o1. The molecule has 1 heterocycles. The molecule has 1 amide bonds. The van der Waals surface area contributed by atoms with Crippen molar-refractivity contribution in [3.8, 4) is 0 Å². The van der Waals surface area contributed by atoms with Crippen LogP contribution in [0.15, 0.2) is 40.8 Å². The lowest BCUT2D eigenvalue weighted by atomic mass is 10.2. The van der Waals surface area contributed by atoms with Gasteiger partial charge in [0, 0.05) is 17.4 Å². The minimum Gasteiger partial charge on any atom is -0.456 e. The average Bonchev–Trinajstić information content (AvgIpc) is 2.88. The van der Waals surface area contributed by atoms with Crippen LogP contribution in [0.5, 0.6) is 0 Å². The summed E-state index contributed by atoms with van der Waals surface area (Å²) in [7, 11) is 0. The first-order valence-corrected chi connectivity index (χ1v) is 6.90. The standard InChI is InChI=1S/C14H14BrNO2/c1-2-12-7-8-13(18-12)14(17)16-11-5-3-10(9-15)4-6-11/h3-8H,2,9H2,1H3,(H,16,17). The van der Waals surface area contributed by atoms with Crippen molar-refractivity contribution in [1.82, 2.24) is 0 Å². The van der Waals surface area contributed by atoms with Crippen LogP contribution in [0.1, 0.15) is 28.8 Å². The van der Waals surface area contributed by atoms with Crippen LogP contribution in [-0.4, -0.2) is 5.91 Å². The fourth-order valence-corrected chi connectivity index (χ4v) is 1.93. The van der Waals surface area contributed by atoms with E-state index in [-0.39, 0.29) is 5.91 Å². The molecular weight excluding hydrogens is 294 g/mol. The second-order valence-corrected chi connectivity index (χ2v) is 4.46. The lowest BCUT2D eigenvalue weighted by Crippen LogP contribution is -2.10. The van der Waals surface area contributed by atoms with Gasteiger partial charge in [0.25, 0.3) is 5.91 Å². The van der Waals surface area contributed by atoms with E-state index in [1.54, 1.807) is 6.07 Å². The van der Waals surface area contributed by atoms with Gasteiger partial charge >= 0.3 is 0 Å². The Hall–Kier alpha value is -1.55. The molecule has 0 spiro atoms. The molecule has 0 fully saturated rings. The number of carbonyl (C=O) groups excluding carboxylic acids is 1. The summed E-state index contributed by atoms with van der Waals surface area (Å²) in [5.74, 6) is 0.937. The highest BCUT2D eigenvalue weighted by atomic mass is 79.9. The van der Waals surface area contributed by atoms with Gasteiger partial charge in [-0.05, 0) is 29.8 Å². The van der Waals surface area contributed by atoms with Gasteiger partial charge in [0.15, 0.2) is 5.76 Å². The van der Waals surface area contributed by atoms with E-state index >= 15 is 0 Å². The van der Waals surface area contributed by atoms with E-state index in [4.69, 9.17) is 4.42 Å². The molecule has 0 unspecified atom stereocenters. The average molecular weight is 308 g/mol. The third-order valence-electron chi connectivity index (χ3n) is 2.60. The van der Waals surface area contributed by atoms with Crippen LogP contribution in [-0.2, 0) is 11.8 Å². The summed E-state index contributed by atoms with van der Waals surface area (Å²) in [5, 5.41) is 3.60. The Morgan fingerprint density at radius 1 is 1.22 bits per heavy atom. The highest BCUT2D eigenvalue weighted by Crippen LogP contribution is 2.14. The van der Waals surface area contributed by atoms with Gasteiger partial charge in [0.05, 0.1) is 0 Å². The molecule has 0 saturated carbocycles. The van der Waals surface area contributed by atoms with Gasteiger partial charge in [0.1, 0.15) is 5.76 Å². The van der Waals surface area contributed by atoms with Crippen molar-refractivity contribution in [3.05, 3.63) is 53.5 Å². The lowest BCUT2D eigenvalue weighted by Gasteiger charge is -2.03. The van der Waals surface area contributed by atoms with E-state index in [0.29, 0.717) is 5.76 Å². The number of alkyl halides is 1. The van der Waals surface area contributed by atoms with Crippen LogP contribution in [0.2, 0.25) is 0 Å². The topological polar surface area (TPSA) is 42.2 Å². The van der Waals surface area contributed by atoms with Gasteiger partial charge in [-0.25, -0.2) is 0 Å². The third kappa shape index (κ3) is 3.01. The summed E-state index contributed by atoms with van der Waals surface area (Å²) in [5.41, 5.74) is 1.93. The second kappa shape index (κ2) is 5.87. The molecule has 0 atom stereocenters. The molecule has 0 bridgehead atoms. The summed E-state index contributed by atoms with van der Waals surface area (Å²) >= 11 is 3.38. The Morgan fingerprint density at radius 3 is 2.50 bits per heavy atom. The first-order valence-electron chi connectivity index (χ1n) is 5.78. The molecule has 0 radical (unpaired) electrons. The van der Waals surface area contributed by atoms with E-state index in [1.807, 2.05) is 37.3 Å². The molecule has 2 rings (SSSR count). The number of rotatable bonds is 4. The number of furan rings is 1. The maximum Gasteiger partial charge on any atom is 0.291 e. The number of aryl methyl sites for hydroxylation is 1. The first-order chi connectivity index (χ1) is 8.72. The van der Waals surface area contributed by atoms with Crippen LogP contribution >= 0.6 is 15.9 Å². The van der Waals surface area contributed by atoms with E-state index in [1.165, 1.54) is 5.56 Å². The molecule has 18 heavy (non-hydrogen) atoms.